The third-order valence-corrected chi connectivity index (χ3v) is 2.56. The van der Waals surface area contributed by atoms with Crippen molar-refractivity contribution in [2.24, 2.45) is 5.73 Å². The second kappa shape index (κ2) is 8.34. The molecule has 0 aromatic heterocycles. The van der Waals surface area contributed by atoms with E-state index in [9.17, 15) is 19.2 Å². The van der Waals surface area contributed by atoms with Crippen LogP contribution in [-0.4, -0.2) is 63.5 Å². The lowest BCUT2D eigenvalue weighted by Gasteiger charge is -2.15. The van der Waals surface area contributed by atoms with Gasteiger partial charge in [0.05, 0.1) is 18.7 Å². The van der Waals surface area contributed by atoms with Gasteiger partial charge in [0.1, 0.15) is 6.54 Å². The molecule has 9 heteroatoms. The Morgan fingerprint density at radius 1 is 1.17 bits per heavy atom. The highest BCUT2D eigenvalue weighted by Crippen LogP contribution is 2.02. The fourth-order valence-corrected chi connectivity index (χ4v) is 1.65. The normalized spacial score (nSPS) is 9.78. The van der Waals surface area contributed by atoms with Crippen molar-refractivity contribution in [1.82, 2.24) is 4.90 Å². The highest BCUT2D eigenvalue weighted by molar-refractivity contribution is 8.00. The van der Waals surface area contributed by atoms with Crippen molar-refractivity contribution in [3.8, 4) is 0 Å². The SMILES string of the molecule is NC(=O)[CH]CSCC(=O)CN(CC(=O)O)C(=O)O. The van der Waals surface area contributed by atoms with Gasteiger partial charge in [-0.2, -0.15) is 11.8 Å². The standard InChI is InChI=1S/C9H13N2O6S/c10-7(13)1-2-18-5-6(12)3-11(9(16)17)4-8(14)15/h1H,2-5H2,(H2,10,13)(H,14,15)(H,16,17). The monoisotopic (exact) mass is 277 g/mol. The molecule has 0 aromatic rings. The zero-order valence-electron chi connectivity index (χ0n) is 9.37. The molecule has 0 spiro atoms. The quantitative estimate of drug-likeness (QED) is 0.461. The summed E-state index contributed by atoms with van der Waals surface area (Å²) in [5.41, 5.74) is 4.84. The maximum absolute atomic E-state index is 11.3. The molecular formula is C9H13N2O6S. The number of hydrogen-bond acceptors (Lipinski definition) is 5. The lowest BCUT2D eigenvalue weighted by atomic mass is 10.4. The van der Waals surface area contributed by atoms with Crippen LogP contribution in [0.2, 0.25) is 0 Å². The molecule has 0 aliphatic heterocycles. The van der Waals surface area contributed by atoms with Crippen LogP contribution in [0, 0.1) is 6.42 Å². The highest BCUT2D eigenvalue weighted by Gasteiger charge is 2.18. The maximum Gasteiger partial charge on any atom is 0.408 e. The number of Topliss-reactive ketones (excluding diaryl/α,β-unsaturated/α-hetero) is 1. The van der Waals surface area contributed by atoms with Crippen molar-refractivity contribution in [3.63, 3.8) is 0 Å². The molecule has 0 aliphatic rings. The Balaban J connectivity index is 3.99. The highest BCUT2D eigenvalue weighted by atomic mass is 32.2. The summed E-state index contributed by atoms with van der Waals surface area (Å²) in [5, 5.41) is 17.1. The fourth-order valence-electron chi connectivity index (χ4n) is 0.927. The number of carboxylic acids is 1. The van der Waals surface area contributed by atoms with Gasteiger partial charge in [-0.1, -0.05) is 0 Å². The molecule has 0 saturated heterocycles. The molecule has 2 amide bonds. The van der Waals surface area contributed by atoms with E-state index in [1.54, 1.807) is 0 Å². The van der Waals surface area contributed by atoms with Crippen molar-refractivity contribution in [3.05, 3.63) is 6.42 Å². The lowest BCUT2D eigenvalue weighted by Crippen LogP contribution is -2.39. The van der Waals surface area contributed by atoms with E-state index in [0.717, 1.165) is 11.8 Å². The summed E-state index contributed by atoms with van der Waals surface area (Å²) in [5.74, 6) is -2.16. The Kier molecular flexibility index (Phi) is 7.52. The van der Waals surface area contributed by atoms with Crippen molar-refractivity contribution in [2.75, 3.05) is 24.6 Å². The molecule has 0 rings (SSSR count). The molecule has 1 radical (unpaired) electrons. The predicted octanol–water partition coefficient (Wildman–Crippen LogP) is -0.957. The zero-order chi connectivity index (χ0) is 14.1. The first kappa shape index (κ1) is 16.2. The number of ketones is 1. The molecular weight excluding hydrogens is 264 g/mol. The topological polar surface area (TPSA) is 138 Å². The minimum atomic E-state index is -1.47. The number of hydrogen-bond donors (Lipinski definition) is 3. The number of nitrogens with zero attached hydrogens (tertiary/aromatic N) is 1. The first-order valence-electron chi connectivity index (χ1n) is 4.74. The second-order valence-electron chi connectivity index (χ2n) is 3.19. The molecule has 4 N–H and O–H groups in total. The van der Waals surface area contributed by atoms with Gasteiger partial charge in [0.2, 0.25) is 5.91 Å². The van der Waals surface area contributed by atoms with Gasteiger partial charge in [-0.25, -0.2) is 4.79 Å². The Labute approximate surface area is 107 Å². The zero-order valence-corrected chi connectivity index (χ0v) is 10.2. The number of rotatable bonds is 9. The molecule has 0 saturated carbocycles. The average molecular weight is 277 g/mol. The third kappa shape index (κ3) is 8.39. The van der Waals surface area contributed by atoms with Crippen LogP contribution in [0.5, 0.6) is 0 Å². The summed E-state index contributed by atoms with van der Waals surface area (Å²) in [7, 11) is 0. The fraction of sp³-hybridized carbons (Fsp3) is 0.444. The van der Waals surface area contributed by atoms with E-state index in [-0.39, 0.29) is 11.5 Å². The largest absolute Gasteiger partial charge is 0.480 e. The van der Waals surface area contributed by atoms with Gasteiger partial charge in [0.15, 0.2) is 5.78 Å². The van der Waals surface area contributed by atoms with E-state index in [0.29, 0.717) is 4.90 Å². The van der Waals surface area contributed by atoms with E-state index in [4.69, 9.17) is 15.9 Å². The first-order valence-corrected chi connectivity index (χ1v) is 5.90. The minimum absolute atomic E-state index is 0.0207. The van der Waals surface area contributed by atoms with Crippen LogP contribution in [0.3, 0.4) is 0 Å². The van der Waals surface area contributed by atoms with Crippen LogP contribution in [-0.2, 0) is 14.4 Å². The Morgan fingerprint density at radius 2 is 1.78 bits per heavy atom. The van der Waals surface area contributed by atoms with Crippen LogP contribution in [0.1, 0.15) is 0 Å². The van der Waals surface area contributed by atoms with Gasteiger partial charge < -0.3 is 15.9 Å². The molecule has 101 valence electrons. The summed E-state index contributed by atoms with van der Waals surface area (Å²) in [6.45, 7) is -1.25. The molecule has 0 fully saturated rings. The van der Waals surface area contributed by atoms with Gasteiger partial charge in [-0.3, -0.25) is 19.3 Å². The van der Waals surface area contributed by atoms with Gasteiger partial charge >= 0.3 is 12.1 Å². The molecule has 0 aromatic carbocycles. The van der Waals surface area contributed by atoms with Gasteiger partial charge in [-0.15, -0.1) is 0 Å². The molecule has 0 bridgehead atoms. The van der Waals surface area contributed by atoms with Crippen LogP contribution < -0.4 is 5.73 Å². The molecule has 8 nitrogen and oxygen atoms in total. The number of amides is 2. The summed E-state index contributed by atoms with van der Waals surface area (Å²) in [4.78, 5) is 43.2. The summed E-state index contributed by atoms with van der Waals surface area (Å²) < 4.78 is 0. The smallest absolute Gasteiger partial charge is 0.408 e. The van der Waals surface area contributed by atoms with Gasteiger partial charge in [0.25, 0.3) is 0 Å². The Bertz CT molecular complexity index is 346. The third-order valence-electron chi connectivity index (χ3n) is 1.63. The molecule has 0 aliphatic carbocycles. The van der Waals surface area contributed by atoms with E-state index in [1.807, 2.05) is 0 Å². The summed E-state index contributed by atoms with van der Waals surface area (Å²) in [6, 6.07) is 0. The Morgan fingerprint density at radius 3 is 2.22 bits per heavy atom. The van der Waals surface area contributed by atoms with Crippen LogP contribution >= 0.6 is 11.8 Å². The van der Waals surface area contributed by atoms with Crippen molar-refractivity contribution < 1.29 is 29.4 Å². The molecule has 0 atom stereocenters. The van der Waals surface area contributed by atoms with E-state index >= 15 is 0 Å². The predicted molar refractivity (Wildman–Crippen MR) is 63.1 cm³/mol. The molecule has 18 heavy (non-hydrogen) atoms. The molecule has 0 heterocycles. The first-order chi connectivity index (χ1) is 8.32. The van der Waals surface area contributed by atoms with E-state index in [2.05, 4.69) is 0 Å². The van der Waals surface area contributed by atoms with Gasteiger partial charge in [-0.05, 0) is 0 Å². The number of primary amides is 1. The van der Waals surface area contributed by atoms with E-state index in [1.165, 1.54) is 6.42 Å². The number of nitrogens with two attached hydrogens (primary N) is 1. The van der Waals surface area contributed by atoms with Gasteiger partial charge in [0, 0.05) is 5.75 Å². The number of carbonyl (C=O) groups is 4. The average Bonchev–Trinajstić information content (AvgIpc) is 2.22. The van der Waals surface area contributed by atoms with Crippen LogP contribution in [0.25, 0.3) is 0 Å². The number of carboxylic acid groups (broad SMARTS) is 2. The Hall–Kier alpha value is -1.77. The van der Waals surface area contributed by atoms with E-state index < -0.39 is 36.8 Å². The van der Waals surface area contributed by atoms with Crippen LogP contribution in [0.4, 0.5) is 4.79 Å². The summed E-state index contributed by atoms with van der Waals surface area (Å²) in [6.07, 6.45) is -0.288. The summed E-state index contributed by atoms with van der Waals surface area (Å²) >= 11 is 1.09. The maximum atomic E-state index is 11.3. The minimum Gasteiger partial charge on any atom is -0.480 e. The molecule has 0 unspecified atom stereocenters. The number of carbonyl (C=O) groups excluding carboxylic acids is 2. The second-order valence-corrected chi connectivity index (χ2v) is 4.22. The van der Waals surface area contributed by atoms with Crippen LogP contribution in [0.15, 0.2) is 0 Å². The van der Waals surface area contributed by atoms with Crippen molar-refractivity contribution >= 4 is 35.5 Å². The number of aliphatic carboxylic acids is 1. The lowest BCUT2D eigenvalue weighted by molar-refractivity contribution is -0.138. The van der Waals surface area contributed by atoms with Crippen molar-refractivity contribution in [1.29, 1.82) is 0 Å². The number of thioether (sulfide) groups is 1. The van der Waals surface area contributed by atoms with Crippen molar-refractivity contribution in [2.45, 2.75) is 0 Å².